The van der Waals surface area contributed by atoms with Crippen LogP contribution in [-0.2, 0) is 23.1 Å². The lowest BCUT2D eigenvalue weighted by atomic mass is 9.87. The molecule has 1 heterocycles. The summed E-state index contributed by atoms with van der Waals surface area (Å²) >= 11 is 3.04. The van der Waals surface area contributed by atoms with Gasteiger partial charge in [-0.05, 0) is 55.7 Å². The number of carbonyl (C=O) groups is 2. The Balaban J connectivity index is 1.47. The Bertz CT molecular complexity index is 1260. The van der Waals surface area contributed by atoms with E-state index in [1.807, 2.05) is 19.1 Å². The Morgan fingerprint density at radius 1 is 1.18 bits per heavy atom. The van der Waals surface area contributed by atoms with Crippen LogP contribution in [0.3, 0.4) is 0 Å². The van der Waals surface area contributed by atoms with Crippen molar-refractivity contribution in [2.45, 2.75) is 36.6 Å². The zero-order valence-corrected chi connectivity index (χ0v) is 19.0. The largest absolute Gasteiger partial charge is 0.478 e. The van der Waals surface area contributed by atoms with Crippen LogP contribution in [-0.4, -0.2) is 21.8 Å². The number of aromatic nitrogens is 1. The summed E-state index contributed by atoms with van der Waals surface area (Å²) < 4.78 is 38.4. The molecule has 4 nitrogen and oxygen atoms in total. The number of alkyl halides is 3. The number of aryl methyl sites for hydroxylation is 2. The van der Waals surface area contributed by atoms with Gasteiger partial charge in [0.05, 0.1) is 11.3 Å². The maximum absolute atomic E-state index is 12.8. The van der Waals surface area contributed by atoms with Crippen molar-refractivity contribution in [2.24, 2.45) is 0 Å². The minimum absolute atomic E-state index is 0.241. The number of fused-ring (bicyclic) bond motifs is 1. The van der Waals surface area contributed by atoms with Crippen molar-refractivity contribution in [3.8, 4) is 10.6 Å². The molecule has 0 bridgehead atoms. The Kier molecular flexibility index (Phi) is 6.45. The highest BCUT2D eigenvalue weighted by Gasteiger charge is 2.30. The molecule has 0 unspecified atom stereocenters. The second-order valence-electron chi connectivity index (χ2n) is 7.55. The molecule has 0 aliphatic heterocycles. The number of carboxylic acid groups (broad SMARTS) is 1. The summed E-state index contributed by atoms with van der Waals surface area (Å²) in [6, 6.07) is 10.5. The quantitative estimate of drug-likeness (QED) is 0.324. The summed E-state index contributed by atoms with van der Waals surface area (Å²) in [5.41, 5.74) is 2.54. The Morgan fingerprint density at radius 2 is 1.91 bits per heavy atom. The molecule has 0 atom stereocenters. The van der Waals surface area contributed by atoms with E-state index >= 15 is 0 Å². The van der Waals surface area contributed by atoms with Crippen LogP contribution in [0.5, 0.6) is 0 Å². The summed E-state index contributed by atoms with van der Waals surface area (Å²) in [6.07, 6.45) is -2.38. The predicted octanol–water partition coefficient (Wildman–Crippen LogP) is 6.57. The number of benzene rings is 2. The van der Waals surface area contributed by atoms with E-state index in [4.69, 9.17) is 5.11 Å². The lowest BCUT2D eigenvalue weighted by Gasteiger charge is -2.18. The third kappa shape index (κ3) is 5.20. The number of carbonyl (C=O) groups excluding carboxylic acids is 1. The molecular formula is C24H18F3NO3S2. The maximum Gasteiger partial charge on any atom is 0.416 e. The second-order valence-corrected chi connectivity index (χ2v) is 9.68. The summed E-state index contributed by atoms with van der Waals surface area (Å²) in [4.78, 5) is 29.9. The summed E-state index contributed by atoms with van der Waals surface area (Å²) in [7, 11) is 0. The number of hydrogen-bond donors (Lipinski definition) is 1. The number of thiazole rings is 1. The first-order valence-corrected chi connectivity index (χ1v) is 11.8. The van der Waals surface area contributed by atoms with E-state index in [1.165, 1.54) is 23.5 Å². The number of hydrogen-bond acceptors (Lipinski definition) is 5. The summed E-state index contributed by atoms with van der Waals surface area (Å²) in [5, 5.41) is 9.59. The van der Waals surface area contributed by atoms with Gasteiger partial charge in [-0.15, -0.1) is 23.1 Å². The van der Waals surface area contributed by atoms with Crippen LogP contribution in [0.25, 0.3) is 10.6 Å². The standard InChI is InChI=1S/C24H18F3NO3S2/c1-13-20(33-23(28-13)14-4-6-17(7-5-14)24(25,26)27)12-32-18-8-9-19-15(10-18)2-3-16(22(19)31)11-21(29)30/h4-11H,2-3,12H2,1H3,(H,29,30)/b16-11-. The third-order valence-corrected chi connectivity index (χ3v) is 7.71. The predicted molar refractivity (Wildman–Crippen MR) is 122 cm³/mol. The van der Waals surface area contributed by atoms with Gasteiger partial charge in [0.25, 0.3) is 0 Å². The van der Waals surface area contributed by atoms with Gasteiger partial charge in [-0.2, -0.15) is 13.2 Å². The summed E-state index contributed by atoms with van der Waals surface area (Å²) in [6.45, 7) is 1.88. The van der Waals surface area contributed by atoms with Gasteiger partial charge in [0, 0.05) is 38.3 Å². The number of carboxylic acids is 1. The molecule has 1 aromatic heterocycles. The molecule has 1 aliphatic rings. The molecular weight excluding hydrogens is 471 g/mol. The maximum atomic E-state index is 12.8. The molecule has 0 spiro atoms. The number of Topliss-reactive ketones (excluding diaryl/α,β-unsaturated/α-hetero) is 1. The fourth-order valence-electron chi connectivity index (χ4n) is 3.57. The van der Waals surface area contributed by atoms with Crippen LogP contribution in [0.15, 0.2) is 59.0 Å². The van der Waals surface area contributed by atoms with E-state index in [-0.39, 0.29) is 5.78 Å². The van der Waals surface area contributed by atoms with Gasteiger partial charge < -0.3 is 5.11 Å². The van der Waals surface area contributed by atoms with Crippen LogP contribution >= 0.6 is 23.1 Å². The molecule has 33 heavy (non-hydrogen) atoms. The number of allylic oxidation sites excluding steroid dienone is 1. The normalized spacial score (nSPS) is 15.0. The Labute approximate surface area is 196 Å². The minimum Gasteiger partial charge on any atom is -0.478 e. The lowest BCUT2D eigenvalue weighted by molar-refractivity contribution is -0.137. The molecule has 1 aliphatic carbocycles. The number of ketones is 1. The van der Waals surface area contributed by atoms with E-state index < -0.39 is 17.7 Å². The SMILES string of the molecule is Cc1nc(-c2ccc(C(F)(F)F)cc2)sc1CSc1ccc2c(c1)CC/C(=C/C(=O)O)C2=O. The van der Waals surface area contributed by atoms with Crippen LogP contribution in [0.1, 0.15) is 38.5 Å². The molecule has 170 valence electrons. The average molecular weight is 490 g/mol. The van der Waals surface area contributed by atoms with E-state index in [0.717, 1.165) is 39.2 Å². The van der Waals surface area contributed by atoms with Crippen LogP contribution < -0.4 is 0 Å². The van der Waals surface area contributed by atoms with Gasteiger partial charge in [-0.1, -0.05) is 12.1 Å². The molecule has 0 saturated carbocycles. The Hall–Kier alpha value is -2.91. The fourth-order valence-corrected chi connectivity index (χ4v) is 5.74. The van der Waals surface area contributed by atoms with Gasteiger partial charge in [-0.3, -0.25) is 4.79 Å². The van der Waals surface area contributed by atoms with Gasteiger partial charge >= 0.3 is 12.1 Å². The monoisotopic (exact) mass is 489 g/mol. The zero-order valence-electron chi connectivity index (χ0n) is 17.4. The van der Waals surface area contributed by atoms with Crippen LogP contribution in [0, 0.1) is 6.92 Å². The van der Waals surface area contributed by atoms with Crippen molar-refractivity contribution in [1.82, 2.24) is 4.98 Å². The molecule has 4 rings (SSSR count). The van der Waals surface area contributed by atoms with Crippen molar-refractivity contribution in [2.75, 3.05) is 0 Å². The molecule has 0 saturated heterocycles. The number of halogens is 3. The van der Waals surface area contributed by atoms with E-state index in [9.17, 15) is 22.8 Å². The highest BCUT2D eigenvalue weighted by molar-refractivity contribution is 7.98. The molecule has 1 N–H and O–H groups in total. The van der Waals surface area contributed by atoms with E-state index in [0.29, 0.717) is 40.3 Å². The number of thioether (sulfide) groups is 1. The first kappa shape index (κ1) is 23.3. The smallest absolute Gasteiger partial charge is 0.416 e. The third-order valence-electron chi connectivity index (χ3n) is 5.30. The van der Waals surface area contributed by atoms with Crippen molar-refractivity contribution >= 4 is 34.9 Å². The molecule has 0 amide bonds. The Morgan fingerprint density at radius 3 is 2.58 bits per heavy atom. The van der Waals surface area contributed by atoms with Crippen molar-refractivity contribution in [3.63, 3.8) is 0 Å². The number of nitrogens with zero attached hydrogens (tertiary/aromatic N) is 1. The first-order chi connectivity index (χ1) is 15.6. The molecule has 3 aromatic rings. The highest BCUT2D eigenvalue weighted by atomic mass is 32.2. The van der Waals surface area contributed by atoms with E-state index in [2.05, 4.69) is 4.98 Å². The van der Waals surface area contributed by atoms with Crippen LogP contribution in [0.2, 0.25) is 0 Å². The van der Waals surface area contributed by atoms with Crippen LogP contribution in [0.4, 0.5) is 13.2 Å². The lowest BCUT2D eigenvalue weighted by Crippen LogP contribution is -2.15. The number of aliphatic carboxylic acids is 1. The van der Waals surface area contributed by atoms with Crippen molar-refractivity contribution in [3.05, 3.63) is 81.4 Å². The number of rotatable bonds is 5. The fraction of sp³-hybridized carbons (Fsp3) is 0.208. The van der Waals surface area contributed by atoms with Gasteiger partial charge in [0.15, 0.2) is 5.78 Å². The average Bonchev–Trinajstić information content (AvgIpc) is 3.14. The van der Waals surface area contributed by atoms with E-state index in [1.54, 1.807) is 17.8 Å². The van der Waals surface area contributed by atoms with Gasteiger partial charge in [-0.25, -0.2) is 9.78 Å². The zero-order chi connectivity index (χ0) is 23.8. The molecule has 9 heteroatoms. The second kappa shape index (κ2) is 9.15. The molecule has 0 radical (unpaired) electrons. The van der Waals surface area contributed by atoms with Gasteiger partial charge in [0.2, 0.25) is 0 Å². The first-order valence-electron chi connectivity index (χ1n) is 9.99. The van der Waals surface area contributed by atoms with Gasteiger partial charge in [0.1, 0.15) is 5.01 Å². The minimum atomic E-state index is -4.37. The highest BCUT2D eigenvalue weighted by Crippen LogP contribution is 2.36. The van der Waals surface area contributed by atoms with Crippen molar-refractivity contribution < 1.29 is 27.9 Å². The molecule has 2 aromatic carbocycles. The van der Waals surface area contributed by atoms with Crippen molar-refractivity contribution in [1.29, 1.82) is 0 Å². The topological polar surface area (TPSA) is 67.3 Å². The molecule has 0 fully saturated rings. The summed E-state index contributed by atoms with van der Waals surface area (Å²) in [5.74, 6) is -0.722.